The van der Waals surface area contributed by atoms with Gasteiger partial charge in [0.05, 0.1) is 11.0 Å². The number of alkyl halides is 3. The van der Waals surface area contributed by atoms with Crippen LogP contribution in [0.25, 0.3) is 11.1 Å². The molecule has 1 aromatic heterocycles. The molecular formula is C17H17F3N2O3S. The lowest BCUT2D eigenvalue weighted by atomic mass is 10.1. The van der Waals surface area contributed by atoms with E-state index >= 15 is 0 Å². The SMILES string of the molecule is O=S(=O)(NCC1CCCO1)c1ccc(-c2ccc(C(F)(F)F)nc2)cc1. The first-order valence-corrected chi connectivity index (χ1v) is 9.49. The van der Waals surface area contributed by atoms with Crippen LogP contribution in [0.3, 0.4) is 0 Å². The number of rotatable bonds is 5. The molecule has 2 aromatic rings. The lowest BCUT2D eigenvalue weighted by Crippen LogP contribution is -2.31. The van der Waals surface area contributed by atoms with Crippen LogP contribution in [0.1, 0.15) is 18.5 Å². The third kappa shape index (κ3) is 4.40. The fraction of sp³-hybridized carbons (Fsp3) is 0.353. The number of pyridine rings is 1. The van der Waals surface area contributed by atoms with Gasteiger partial charge in [0.25, 0.3) is 0 Å². The molecular weight excluding hydrogens is 369 g/mol. The predicted octanol–water partition coefficient (Wildman–Crippen LogP) is 3.22. The van der Waals surface area contributed by atoms with E-state index in [2.05, 4.69) is 9.71 Å². The first-order chi connectivity index (χ1) is 12.3. The van der Waals surface area contributed by atoms with E-state index in [0.29, 0.717) is 17.7 Å². The van der Waals surface area contributed by atoms with Crippen molar-refractivity contribution >= 4 is 10.0 Å². The van der Waals surface area contributed by atoms with Crippen molar-refractivity contribution in [3.63, 3.8) is 0 Å². The smallest absolute Gasteiger partial charge is 0.377 e. The minimum atomic E-state index is -4.49. The average molecular weight is 386 g/mol. The van der Waals surface area contributed by atoms with E-state index in [1.54, 1.807) is 0 Å². The van der Waals surface area contributed by atoms with E-state index < -0.39 is 21.9 Å². The monoisotopic (exact) mass is 386 g/mol. The van der Waals surface area contributed by atoms with Crippen LogP contribution in [-0.2, 0) is 20.9 Å². The number of sulfonamides is 1. The van der Waals surface area contributed by atoms with Crippen LogP contribution in [0.2, 0.25) is 0 Å². The van der Waals surface area contributed by atoms with Crippen LogP contribution in [0.5, 0.6) is 0 Å². The topological polar surface area (TPSA) is 68.3 Å². The van der Waals surface area contributed by atoms with Crippen LogP contribution in [0.15, 0.2) is 47.5 Å². The quantitative estimate of drug-likeness (QED) is 0.857. The third-order valence-electron chi connectivity index (χ3n) is 4.08. The molecule has 9 heteroatoms. The van der Waals surface area contributed by atoms with Gasteiger partial charge in [0.2, 0.25) is 10.0 Å². The largest absolute Gasteiger partial charge is 0.433 e. The van der Waals surface area contributed by atoms with Crippen molar-refractivity contribution in [2.45, 2.75) is 30.0 Å². The highest BCUT2D eigenvalue weighted by atomic mass is 32.2. The molecule has 1 unspecified atom stereocenters. The Kier molecular flexibility index (Phi) is 5.31. The minimum absolute atomic E-state index is 0.0825. The van der Waals surface area contributed by atoms with Gasteiger partial charge in [0.1, 0.15) is 5.69 Å². The summed E-state index contributed by atoms with van der Waals surface area (Å²) in [5, 5.41) is 0. The normalized spacial score (nSPS) is 18.2. The van der Waals surface area contributed by atoms with Gasteiger partial charge in [-0.1, -0.05) is 18.2 Å². The molecule has 2 heterocycles. The molecule has 1 aliphatic heterocycles. The molecule has 140 valence electrons. The van der Waals surface area contributed by atoms with Gasteiger partial charge < -0.3 is 4.74 Å². The van der Waals surface area contributed by atoms with Crippen molar-refractivity contribution in [2.75, 3.05) is 13.2 Å². The highest BCUT2D eigenvalue weighted by molar-refractivity contribution is 7.89. The van der Waals surface area contributed by atoms with E-state index in [1.807, 2.05) is 0 Å². The summed E-state index contributed by atoms with van der Waals surface area (Å²) in [4.78, 5) is 3.48. The molecule has 0 spiro atoms. The Labute approximate surface area is 149 Å². The molecule has 1 fully saturated rings. The Morgan fingerprint density at radius 2 is 1.81 bits per heavy atom. The number of benzene rings is 1. The molecule has 1 N–H and O–H groups in total. The summed E-state index contributed by atoms with van der Waals surface area (Å²) in [6.45, 7) is 0.856. The summed E-state index contributed by atoms with van der Waals surface area (Å²) in [6, 6.07) is 8.07. The third-order valence-corrected chi connectivity index (χ3v) is 5.52. The van der Waals surface area contributed by atoms with Gasteiger partial charge in [0, 0.05) is 24.9 Å². The first-order valence-electron chi connectivity index (χ1n) is 8.01. The maximum atomic E-state index is 12.5. The molecule has 0 amide bonds. The van der Waals surface area contributed by atoms with Crippen LogP contribution in [-0.4, -0.2) is 32.7 Å². The first kappa shape index (κ1) is 18.8. The second kappa shape index (κ2) is 7.34. The van der Waals surface area contributed by atoms with Crippen LogP contribution >= 0.6 is 0 Å². The molecule has 5 nitrogen and oxygen atoms in total. The van der Waals surface area contributed by atoms with E-state index in [0.717, 1.165) is 25.1 Å². The Hall–Kier alpha value is -1.97. The zero-order chi connectivity index (χ0) is 18.8. The van der Waals surface area contributed by atoms with Crippen LogP contribution in [0.4, 0.5) is 13.2 Å². The second-order valence-corrected chi connectivity index (χ2v) is 7.71. The van der Waals surface area contributed by atoms with Gasteiger partial charge in [-0.2, -0.15) is 13.2 Å². The Morgan fingerprint density at radius 3 is 2.35 bits per heavy atom. The predicted molar refractivity (Wildman–Crippen MR) is 88.8 cm³/mol. The Bertz CT molecular complexity index is 844. The fourth-order valence-corrected chi connectivity index (χ4v) is 3.72. The number of halogens is 3. The summed E-state index contributed by atoms with van der Waals surface area (Å²) in [6.07, 6.45) is -1.75. The maximum absolute atomic E-state index is 12.5. The van der Waals surface area contributed by atoms with Gasteiger partial charge in [-0.05, 0) is 36.6 Å². The van der Waals surface area contributed by atoms with Gasteiger partial charge in [-0.25, -0.2) is 13.1 Å². The van der Waals surface area contributed by atoms with Crippen molar-refractivity contribution in [1.29, 1.82) is 0 Å². The van der Waals surface area contributed by atoms with Crippen molar-refractivity contribution in [3.05, 3.63) is 48.3 Å². The highest BCUT2D eigenvalue weighted by Crippen LogP contribution is 2.29. The van der Waals surface area contributed by atoms with Crippen LogP contribution < -0.4 is 4.72 Å². The van der Waals surface area contributed by atoms with E-state index in [9.17, 15) is 21.6 Å². The second-order valence-electron chi connectivity index (χ2n) is 5.94. The molecule has 1 aliphatic rings. The summed E-state index contributed by atoms with van der Waals surface area (Å²) in [5.74, 6) is 0. The maximum Gasteiger partial charge on any atom is 0.433 e. The van der Waals surface area contributed by atoms with E-state index in [4.69, 9.17) is 4.74 Å². The molecule has 1 saturated heterocycles. The van der Waals surface area contributed by atoms with Crippen molar-refractivity contribution in [3.8, 4) is 11.1 Å². The number of nitrogens with zero attached hydrogens (tertiary/aromatic N) is 1. The number of ether oxygens (including phenoxy) is 1. The minimum Gasteiger partial charge on any atom is -0.377 e. The number of hydrogen-bond donors (Lipinski definition) is 1. The Morgan fingerprint density at radius 1 is 1.12 bits per heavy atom. The van der Waals surface area contributed by atoms with Crippen molar-refractivity contribution in [2.24, 2.45) is 0 Å². The number of nitrogens with one attached hydrogen (secondary N) is 1. The molecule has 26 heavy (non-hydrogen) atoms. The standard InChI is InChI=1S/C17H17F3N2O3S/c18-17(19,20)16-8-5-13(10-21-16)12-3-6-15(7-4-12)26(23,24)22-11-14-2-1-9-25-14/h3-8,10,14,22H,1-2,9,11H2. The van der Waals surface area contributed by atoms with Crippen molar-refractivity contribution in [1.82, 2.24) is 9.71 Å². The van der Waals surface area contributed by atoms with Gasteiger partial charge in [-0.3, -0.25) is 4.98 Å². The Balaban J connectivity index is 1.71. The van der Waals surface area contributed by atoms with Crippen molar-refractivity contribution < 1.29 is 26.3 Å². The molecule has 1 aromatic carbocycles. The lowest BCUT2D eigenvalue weighted by molar-refractivity contribution is -0.141. The summed E-state index contributed by atoms with van der Waals surface area (Å²) >= 11 is 0. The van der Waals surface area contributed by atoms with Gasteiger partial charge in [0.15, 0.2) is 0 Å². The summed E-state index contributed by atoms with van der Waals surface area (Å²) < 4.78 is 70.1. The van der Waals surface area contributed by atoms with E-state index in [1.165, 1.54) is 30.3 Å². The molecule has 0 aliphatic carbocycles. The molecule has 3 rings (SSSR count). The fourth-order valence-electron chi connectivity index (χ4n) is 2.65. The number of hydrogen-bond acceptors (Lipinski definition) is 4. The lowest BCUT2D eigenvalue weighted by Gasteiger charge is -2.12. The molecule has 0 bridgehead atoms. The highest BCUT2D eigenvalue weighted by Gasteiger charge is 2.32. The summed E-state index contributed by atoms with van der Waals surface area (Å²) in [7, 11) is -3.67. The molecule has 0 radical (unpaired) electrons. The zero-order valence-electron chi connectivity index (χ0n) is 13.7. The zero-order valence-corrected chi connectivity index (χ0v) is 14.5. The van der Waals surface area contributed by atoms with E-state index in [-0.39, 0.29) is 17.5 Å². The molecule has 1 atom stereocenters. The van der Waals surface area contributed by atoms with Gasteiger partial charge in [-0.15, -0.1) is 0 Å². The average Bonchev–Trinajstić information content (AvgIpc) is 3.13. The molecule has 0 saturated carbocycles. The van der Waals surface area contributed by atoms with Crippen LogP contribution in [0, 0.1) is 0 Å². The number of aromatic nitrogens is 1. The van der Waals surface area contributed by atoms with Gasteiger partial charge >= 0.3 is 6.18 Å². The summed E-state index contributed by atoms with van der Waals surface area (Å²) in [5.41, 5.74) is 0.0670.